The van der Waals surface area contributed by atoms with Crippen LogP contribution < -0.4 is 4.29 Å². The van der Waals surface area contributed by atoms with Gasteiger partial charge in [-0.3, -0.25) is 0 Å². The third-order valence-corrected chi connectivity index (χ3v) is 4.47. The fourth-order valence-corrected chi connectivity index (χ4v) is 2.57. The number of rotatable bonds is 1. The summed E-state index contributed by atoms with van der Waals surface area (Å²) in [6.45, 7) is 0. The molecule has 1 N–H and O–H groups in total. The van der Waals surface area contributed by atoms with Gasteiger partial charge in [0, 0.05) is 0 Å². The summed E-state index contributed by atoms with van der Waals surface area (Å²) in [7, 11) is 0. The monoisotopic (exact) mass is 213 g/mol. The number of hydrogen-bond acceptors (Lipinski definition) is 0. The van der Waals surface area contributed by atoms with Gasteiger partial charge in [0.15, 0.2) is 0 Å². The van der Waals surface area contributed by atoms with Gasteiger partial charge in [-0.2, -0.15) is 0 Å². The van der Waals surface area contributed by atoms with Gasteiger partial charge < -0.3 is 0 Å². The molecule has 0 spiro atoms. The molecule has 0 bridgehead atoms. The van der Waals surface area contributed by atoms with E-state index in [-0.39, 0.29) is 0 Å². The van der Waals surface area contributed by atoms with Crippen LogP contribution in [-0.2, 0) is 14.8 Å². The fourth-order valence-electron chi connectivity index (χ4n) is 0.634. The first-order chi connectivity index (χ1) is 4.11. The molecule has 2 heteroatoms. The van der Waals surface area contributed by atoms with Gasteiger partial charge in [0.25, 0.3) is 0 Å². The van der Waals surface area contributed by atoms with Crippen molar-refractivity contribution in [1.82, 2.24) is 4.98 Å². The van der Waals surface area contributed by atoms with Crippen molar-refractivity contribution < 1.29 is 14.8 Å². The summed E-state index contributed by atoms with van der Waals surface area (Å²) < 4.78 is 1.46. The molecule has 0 saturated carbocycles. The quantitative estimate of drug-likeness (QED) is 0.685. The van der Waals surface area contributed by atoms with Crippen LogP contribution in [-0.4, -0.2) is 4.98 Å². The summed E-state index contributed by atoms with van der Waals surface area (Å²) >= 11 is -1.33. The molecule has 1 aromatic rings. The third-order valence-electron chi connectivity index (χ3n) is 1.12. The maximum absolute atomic E-state index is 3.25. The van der Waals surface area contributed by atoms with Crippen molar-refractivity contribution in [1.29, 1.82) is 0 Å². The van der Waals surface area contributed by atoms with Gasteiger partial charge in [0.1, 0.15) is 0 Å². The molecule has 54 valence electrons. The van der Waals surface area contributed by atoms with Crippen molar-refractivity contribution in [2.24, 2.45) is 0 Å². The van der Waals surface area contributed by atoms with Gasteiger partial charge >= 0.3 is 58.9 Å². The van der Waals surface area contributed by atoms with Crippen molar-refractivity contribution in [3.8, 4) is 0 Å². The number of hydrogen-bond donors (Lipinski definition) is 1. The Morgan fingerprint density at radius 2 is 2.00 bits per heavy atom. The molecule has 0 amide bonds. The zero-order valence-electron chi connectivity index (χ0n) is 6.09. The molecular weight excluding hydrogens is 199 g/mol. The molecular formula is C7H13NRu. The Bertz CT molecular complexity index is 171. The Morgan fingerprint density at radius 3 is 2.22 bits per heavy atom. The Balaban J connectivity index is 2.90. The second-order valence-corrected chi connectivity index (χ2v) is 11.4. The predicted molar refractivity (Wildman–Crippen MR) is 38.0 cm³/mol. The minimum atomic E-state index is -1.33. The molecule has 0 saturated heterocycles. The van der Waals surface area contributed by atoms with E-state index in [0.29, 0.717) is 0 Å². The summed E-state index contributed by atoms with van der Waals surface area (Å²) in [4.78, 5) is 3.25. The molecule has 1 nitrogen and oxygen atoms in total. The van der Waals surface area contributed by atoms with Crippen LogP contribution in [0.2, 0.25) is 16.6 Å². The van der Waals surface area contributed by atoms with E-state index < -0.39 is 14.8 Å². The molecule has 1 rings (SSSR count). The van der Waals surface area contributed by atoms with Crippen LogP contribution in [0.15, 0.2) is 18.3 Å². The zero-order chi connectivity index (χ0) is 6.91. The van der Waals surface area contributed by atoms with Gasteiger partial charge in [0.05, 0.1) is 0 Å². The number of aromatic amines is 1. The molecule has 0 aromatic carbocycles. The van der Waals surface area contributed by atoms with Gasteiger partial charge in [-0.15, -0.1) is 0 Å². The molecule has 9 heavy (non-hydrogen) atoms. The Hall–Kier alpha value is -0.0966. The van der Waals surface area contributed by atoms with Gasteiger partial charge in [-0.25, -0.2) is 0 Å². The van der Waals surface area contributed by atoms with E-state index >= 15 is 0 Å². The first-order valence-corrected chi connectivity index (χ1v) is 8.81. The molecule has 0 atom stereocenters. The van der Waals surface area contributed by atoms with E-state index in [1.807, 2.05) is 6.20 Å². The standard InChI is InChI=1S/C4H4N.3CH3.Ru/c1-2-4-5-3-1;;;;/h1-3,5H;3*1H3;. The molecule has 1 aromatic heterocycles. The molecule has 0 aliphatic heterocycles. The van der Waals surface area contributed by atoms with E-state index in [1.165, 1.54) is 4.29 Å². The predicted octanol–water partition coefficient (Wildman–Crippen LogP) is 1.94. The molecule has 1 heterocycles. The minimum absolute atomic E-state index is 1.33. The average molecular weight is 212 g/mol. The van der Waals surface area contributed by atoms with Crippen LogP contribution in [0.5, 0.6) is 0 Å². The van der Waals surface area contributed by atoms with Crippen molar-refractivity contribution in [3.05, 3.63) is 18.3 Å². The van der Waals surface area contributed by atoms with Gasteiger partial charge in [0.2, 0.25) is 0 Å². The zero-order valence-corrected chi connectivity index (χ0v) is 7.82. The summed E-state index contributed by atoms with van der Waals surface area (Å²) in [6, 6.07) is 4.26. The second kappa shape index (κ2) is 2.26. The molecule has 0 fully saturated rings. The second-order valence-electron chi connectivity index (χ2n) is 2.60. The van der Waals surface area contributed by atoms with Gasteiger partial charge in [-0.1, -0.05) is 0 Å². The summed E-state index contributed by atoms with van der Waals surface area (Å²) in [5.41, 5.74) is 7.09. The van der Waals surface area contributed by atoms with E-state index in [9.17, 15) is 0 Å². The van der Waals surface area contributed by atoms with Crippen LogP contribution in [0.3, 0.4) is 0 Å². The summed E-state index contributed by atoms with van der Waals surface area (Å²) in [5.74, 6) is 0. The molecule has 0 aliphatic rings. The van der Waals surface area contributed by atoms with E-state index in [2.05, 4.69) is 33.7 Å². The van der Waals surface area contributed by atoms with E-state index in [1.54, 1.807) is 0 Å². The van der Waals surface area contributed by atoms with Crippen LogP contribution in [0.4, 0.5) is 0 Å². The Kier molecular flexibility index (Phi) is 1.76. The van der Waals surface area contributed by atoms with Gasteiger partial charge in [-0.05, 0) is 0 Å². The topological polar surface area (TPSA) is 15.8 Å². The van der Waals surface area contributed by atoms with E-state index in [4.69, 9.17) is 0 Å². The first kappa shape index (κ1) is 7.02. The van der Waals surface area contributed by atoms with Crippen molar-refractivity contribution in [2.45, 2.75) is 16.6 Å². The first-order valence-electron chi connectivity index (χ1n) is 2.73. The van der Waals surface area contributed by atoms with Crippen LogP contribution in [0.25, 0.3) is 0 Å². The SMILES string of the molecule is [CH3][Ru]([CH3])([CH3])[c]1ccc[nH]1. The average Bonchev–Trinajstić information content (AvgIpc) is 2.08. The van der Waals surface area contributed by atoms with E-state index in [0.717, 1.165) is 0 Å². The van der Waals surface area contributed by atoms with Crippen LogP contribution in [0.1, 0.15) is 0 Å². The third kappa shape index (κ3) is 1.65. The van der Waals surface area contributed by atoms with Crippen LogP contribution in [0, 0.1) is 0 Å². The molecule has 0 radical (unpaired) electrons. The van der Waals surface area contributed by atoms with Crippen molar-refractivity contribution in [3.63, 3.8) is 0 Å². The normalized spacial score (nSPS) is 13.7. The number of nitrogens with one attached hydrogen (secondary N) is 1. The maximum atomic E-state index is 3.25. The number of H-pyrrole nitrogens is 1. The van der Waals surface area contributed by atoms with Crippen molar-refractivity contribution >= 4 is 4.29 Å². The Morgan fingerprint density at radius 1 is 1.33 bits per heavy atom. The van der Waals surface area contributed by atoms with Crippen molar-refractivity contribution in [2.75, 3.05) is 0 Å². The fraction of sp³-hybridized carbons (Fsp3) is 0.429. The molecule has 0 aliphatic carbocycles. The number of aromatic nitrogens is 1. The summed E-state index contributed by atoms with van der Waals surface area (Å²) in [5, 5.41) is 0. The van der Waals surface area contributed by atoms with Crippen LogP contribution >= 0.6 is 0 Å². The Labute approximate surface area is 59.3 Å². The summed E-state index contributed by atoms with van der Waals surface area (Å²) in [6.07, 6.45) is 2.00. The molecule has 0 unspecified atom stereocenters.